The zero-order valence-corrected chi connectivity index (χ0v) is 10.3. The highest BCUT2D eigenvalue weighted by molar-refractivity contribution is 7.71. The van der Waals surface area contributed by atoms with E-state index < -0.39 is 0 Å². The van der Waals surface area contributed by atoms with E-state index in [9.17, 15) is 0 Å². The van der Waals surface area contributed by atoms with Gasteiger partial charge in [0.15, 0.2) is 4.77 Å². The molecule has 16 heavy (non-hydrogen) atoms. The van der Waals surface area contributed by atoms with Crippen LogP contribution in [0.15, 0.2) is 18.5 Å². The van der Waals surface area contributed by atoms with Gasteiger partial charge in [0, 0.05) is 12.8 Å². The molecule has 0 amide bonds. The highest BCUT2D eigenvalue weighted by Crippen LogP contribution is 2.13. The summed E-state index contributed by atoms with van der Waals surface area (Å²) in [6, 6.07) is 1.96. The van der Waals surface area contributed by atoms with Crippen LogP contribution in [0.25, 0.3) is 11.0 Å². The number of pyridine rings is 1. The lowest BCUT2D eigenvalue weighted by molar-refractivity contribution is 0.0645. The van der Waals surface area contributed by atoms with Crippen LogP contribution >= 0.6 is 12.2 Å². The van der Waals surface area contributed by atoms with Crippen molar-refractivity contribution in [1.29, 1.82) is 0 Å². The molecule has 0 aliphatic rings. The number of H-pyrrole nitrogens is 1. The molecule has 2 heterocycles. The Balaban J connectivity index is 2.36. The normalized spacial score (nSPS) is 13.1. The Labute approximate surface area is 99.3 Å². The summed E-state index contributed by atoms with van der Waals surface area (Å²) in [5.74, 6) is 0. The molecule has 2 aromatic heterocycles. The lowest BCUT2D eigenvalue weighted by atomic mass is 10.3. The third-order valence-corrected chi connectivity index (χ3v) is 2.79. The van der Waals surface area contributed by atoms with E-state index in [1.54, 1.807) is 12.4 Å². The van der Waals surface area contributed by atoms with Crippen LogP contribution in [-0.2, 0) is 11.3 Å². The first-order valence-corrected chi connectivity index (χ1v) is 5.77. The van der Waals surface area contributed by atoms with E-state index in [1.807, 2.05) is 24.5 Å². The van der Waals surface area contributed by atoms with Gasteiger partial charge >= 0.3 is 0 Å². The minimum absolute atomic E-state index is 0.156. The summed E-state index contributed by atoms with van der Waals surface area (Å²) in [4.78, 5) is 7.19. The molecule has 0 saturated heterocycles. The van der Waals surface area contributed by atoms with Gasteiger partial charge < -0.3 is 14.3 Å². The quantitative estimate of drug-likeness (QED) is 0.831. The third-order valence-electron chi connectivity index (χ3n) is 2.47. The van der Waals surface area contributed by atoms with Crippen molar-refractivity contribution in [3.63, 3.8) is 0 Å². The molecular weight excluding hydrogens is 222 g/mol. The number of aromatic amines is 1. The summed E-state index contributed by atoms with van der Waals surface area (Å²) in [5, 5.41) is 0. The summed E-state index contributed by atoms with van der Waals surface area (Å²) in [5.41, 5.74) is 2.04. The summed E-state index contributed by atoms with van der Waals surface area (Å²) < 4.78 is 8.29. The fraction of sp³-hybridized carbons (Fsp3) is 0.455. The maximum atomic E-state index is 5.52. The molecule has 86 valence electrons. The number of nitrogens with one attached hydrogen (secondary N) is 1. The number of fused-ring (bicyclic) bond motifs is 1. The molecule has 0 bridgehead atoms. The molecular formula is C11H15N3OS. The number of rotatable bonds is 4. The molecule has 1 N–H and O–H groups in total. The fourth-order valence-corrected chi connectivity index (χ4v) is 2.07. The summed E-state index contributed by atoms with van der Waals surface area (Å²) in [6.07, 6.45) is 3.71. The highest BCUT2D eigenvalue weighted by atomic mass is 32.1. The predicted molar refractivity (Wildman–Crippen MR) is 66.0 cm³/mol. The smallest absolute Gasteiger partial charge is 0.178 e. The van der Waals surface area contributed by atoms with Crippen LogP contribution < -0.4 is 0 Å². The van der Waals surface area contributed by atoms with E-state index >= 15 is 0 Å². The van der Waals surface area contributed by atoms with Crippen LogP contribution in [0.3, 0.4) is 0 Å². The van der Waals surface area contributed by atoms with Crippen LogP contribution in [0.5, 0.6) is 0 Å². The minimum Gasteiger partial charge on any atom is -0.377 e. The number of imidazole rings is 1. The van der Waals surface area contributed by atoms with Crippen LogP contribution in [0, 0.1) is 4.77 Å². The summed E-state index contributed by atoms with van der Waals surface area (Å²) >= 11 is 5.28. The van der Waals surface area contributed by atoms with Gasteiger partial charge in [0.05, 0.1) is 29.9 Å². The fourth-order valence-electron chi connectivity index (χ4n) is 1.79. The first kappa shape index (κ1) is 11.3. The molecule has 0 spiro atoms. The minimum atomic E-state index is 0.156. The van der Waals surface area contributed by atoms with Crippen molar-refractivity contribution in [3.05, 3.63) is 23.2 Å². The van der Waals surface area contributed by atoms with E-state index in [0.29, 0.717) is 0 Å². The van der Waals surface area contributed by atoms with Crippen LogP contribution in [0.2, 0.25) is 0 Å². The second-order valence-electron chi connectivity index (χ2n) is 3.70. The number of ether oxygens (including phenoxy) is 1. The van der Waals surface area contributed by atoms with Crippen LogP contribution in [0.1, 0.15) is 13.8 Å². The Morgan fingerprint density at radius 3 is 3.19 bits per heavy atom. The van der Waals surface area contributed by atoms with Gasteiger partial charge in [-0.3, -0.25) is 4.98 Å². The van der Waals surface area contributed by atoms with Gasteiger partial charge in [-0.2, -0.15) is 0 Å². The van der Waals surface area contributed by atoms with Gasteiger partial charge in [-0.15, -0.1) is 0 Å². The Morgan fingerprint density at radius 1 is 1.62 bits per heavy atom. The molecule has 1 unspecified atom stereocenters. The lowest BCUT2D eigenvalue weighted by Crippen LogP contribution is -2.16. The van der Waals surface area contributed by atoms with Crippen molar-refractivity contribution < 1.29 is 4.74 Å². The zero-order chi connectivity index (χ0) is 11.5. The zero-order valence-electron chi connectivity index (χ0n) is 9.43. The molecule has 0 aliphatic carbocycles. The Bertz CT molecular complexity index is 531. The average molecular weight is 237 g/mol. The van der Waals surface area contributed by atoms with Gasteiger partial charge in [0.2, 0.25) is 0 Å². The molecule has 0 saturated carbocycles. The average Bonchev–Trinajstić information content (AvgIpc) is 2.56. The van der Waals surface area contributed by atoms with E-state index in [0.717, 1.165) is 29.0 Å². The van der Waals surface area contributed by atoms with Crippen molar-refractivity contribution >= 4 is 23.3 Å². The van der Waals surface area contributed by atoms with Crippen molar-refractivity contribution in [3.8, 4) is 0 Å². The number of aromatic nitrogens is 3. The molecule has 0 fully saturated rings. The van der Waals surface area contributed by atoms with Gasteiger partial charge in [0.25, 0.3) is 0 Å². The molecule has 4 nitrogen and oxygen atoms in total. The monoisotopic (exact) mass is 237 g/mol. The first-order valence-electron chi connectivity index (χ1n) is 5.36. The predicted octanol–water partition coefficient (Wildman–Crippen LogP) is 2.52. The van der Waals surface area contributed by atoms with Crippen molar-refractivity contribution in [1.82, 2.24) is 14.5 Å². The van der Waals surface area contributed by atoms with Crippen molar-refractivity contribution in [2.24, 2.45) is 0 Å². The topological polar surface area (TPSA) is 42.8 Å². The molecule has 0 aliphatic heterocycles. The highest BCUT2D eigenvalue weighted by Gasteiger charge is 2.07. The van der Waals surface area contributed by atoms with E-state index in [1.165, 1.54) is 0 Å². The molecule has 5 heteroatoms. The molecule has 0 radical (unpaired) electrons. The second-order valence-corrected chi connectivity index (χ2v) is 4.09. The lowest BCUT2D eigenvalue weighted by Gasteiger charge is -2.12. The van der Waals surface area contributed by atoms with Crippen LogP contribution in [-0.4, -0.2) is 27.2 Å². The molecule has 0 aromatic carbocycles. The standard InChI is InChI=1S/C11H15N3OS/c1-3-15-8(2)7-14-10-4-5-12-6-9(10)13-11(14)16/h4-6,8H,3,7H2,1-2H3,(H,13,16). The molecule has 2 rings (SSSR count). The SMILES string of the molecule is CCOC(C)Cn1c(=S)[nH]c2cnccc21. The maximum absolute atomic E-state index is 5.52. The second kappa shape index (κ2) is 4.76. The summed E-state index contributed by atoms with van der Waals surface area (Å²) in [7, 11) is 0. The Morgan fingerprint density at radius 2 is 2.44 bits per heavy atom. The van der Waals surface area contributed by atoms with E-state index in [-0.39, 0.29) is 6.10 Å². The number of nitrogens with zero attached hydrogens (tertiary/aromatic N) is 2. The van der Waals surface area contributed by atoms with Gasteiger partial charge in [-0.25, -0.2) is 0 Å². The van der Waals surface area contributed by atoms with Gasteiger partial charge in [0.1, 0.15) is 0 Å². The van der Waals surface area contributed by atoms with Gasteiger partial charge in [-0.05, 0) is 32.1 Å². The van der Waals surface area contributed by atoms with E-state index in [4.69, 9.17) is 17.0 Å². The van der Waals surface area contributed by atoms with Crippen LogP contribution in [0.4, 0.5) is 0 Å². The summed E-state index contributed by atoms with van der Waals surface area (Å²) in [6.45, 7) is 5.52. The Kier molecular flexibility index (Phi) is 3.36. The molecule has 2 aromatic rings. The number of hydrogen-bond acceptors (Lipinski definition) is 3. The van der Waals surface area contributed by atoms with Crippen molar-refractivity contribution in [2.45, 2.75) is 26.5 Å². The first-order chi connectivity index (χ1) is 7.72. The van der Waals surface area contributed by atoms with E-state index in [2.05, 4.69) is 9.97 Å². The Hall–Kier alpha value is -1.20. The largest absolute Gasteiger partial charge is 0.377 e. The van der Waals surface area contributed by atoms with Crippen molar-refractivity contribution in [2.75, 3.05) is 6.61 Å². The maximum Gasteiger partial charge on any atom is 0.178 e. The van der Waals surface area contributed by atoms with Gasteiger partial charge in [-0.1, -0.05) is 0 Å². The molecule has 1 atom stereocenters. The number of hydrogen-bond donors (Lipinski definition) is 1. The third kappa shape index (κ3) is 2.15.